The summed E-state index contributed by atoms with van der Waals surface area (Å²) in [6, 6.07) is 9.90. The third kappa shape index (κ3) is 3.72. The van der Waals surface area contributed by atoms with Crippen LogP contribution in [0.15, 0.2) is 36.5 Å². The van der Waals surface area contributed by atoms with Crippen molar-refractivity contribution in [2.75, 3.05) is 6.54 Å². The Morgan fingerprint density at radius 2 is 2.00 bits per heavy atom. The van der Waals surface area contributed by atoms with Gasteiger partial charge in [0.15, 0.2) is 0 Å². The summed E-state index contributed by atoms with van der Waals surface area (Å²) in [4.78, 5) is 4.40. The monoisotopic (exact) mass is 308 g/mol. The Balaban J connectivity index is 2.28. The Morgan fingerprint density at radius 3 is 2.65 bits per heavy atom. The predicted octanol–water partition coefficient (Wildman–Crippen LogP) is 4.59. The summed E-state index contributed by atoms with van der Waals surface area (Å²) in [5.74, 6) is 0. The van der Waals surface area contributed by atoms with Crippen LogP contribution in [0.2, 0.25) is 10.0 Å². The molecule has 0 spiro atoms. The highest BCUT2D eigenvalue weighted by Gasteiger charge is 2.17. The van der Waals surface area contributed by atoms with Gasteiger partial charge in [-0.25, -0.2) is 0 Å². The van der Waals surface area contributed by atoms with Gasteiger partial charge in [-0.15, -0.1) is 0 Å². The number of benzene rings is 1. The molecule has 1 N–H and O–H groups in total. The molecule has 1 aromatic heterocycles. The van der Waals surface area contributed by atoms with Crippen LogP contribution in [0.5, 0.6) is 0 Å². The standard InChI is InChI=1S/C16H18Cl2N2/c1-3-19-15(16-13(17)5-4-8-20-16)10-12-7-6-11(2)9-14(12)18/h4-9,15,19H,3,10H2,1-2H3. The van der Waals surface area contributed by atoms with Crippen LogP contribution < -0.4 is 5.32 Å². The minimum absolute atomic E-state index is 0.0638. The van der Waals surface area contributed by atoms with Crippen LogP contribution in [0.3, 0.4) is 0 Å². The summed E-state index contributed by atoms with van der Waals surface area (Å²) in [7, 11) is 0. The zero-order valence-electron chi connectivity index (χ0n) is 11.7. The molecule has 0 fully saturated rings. The Morgan fingerprint density at radius 1 is 1.20 bits per heavy atom. The fourth-order valence-electron chi connectivity index (χ4n) is 2.20. The van der Waals surface area contributed by atoms with Crippen LogP contribution in [0.4, 0.5) is 0 Å². The maximum atomic E-state index is 6.32. The van der Waals surface area contributed by atoms with Crippen molar-refractivity contribution in [3.8, 4) is 0 Å². The van der Waals surface area contributed by atoms with Crippen LogP contribution >= 0.6 is 23.2 Å². The van der Waals surface area contributed by atoms with Crippen LogP contribution in [0.1, 0.15) is 29.8 Å². The number of aryl methyl sites for hydroxylation is 1. The molecule has 0 bridgehead atoms. The van der Waals surface area contributed by atoms with E-state index in [1.807, 2.05) is 25.1 Å². The van der Waals surface area contributed by atoms with Crippen LogP contribution in [0, 0.1) is 6.92 Å². The van der Waals surface area contributed by atoms with Crippen LogP contribution in [-0.4, -0.2) is 11.5 Å². The molecule has 1 heterocycles. The van der Waals surface area contributed by atoms with Crippen molar-refractivity contribution in [1.29, 1.82) is 0 Å². The smallest absolute Gasteiger partial charge is 0.0762 e. The first-order valence-corrected chi connectivity index (χ1v) is 7.46. The fourth-order valence-corrected chi connectivity index (χ4v) is 2.77. The second kappa shape index (κ2) is 7.07. The highest BCUT2D eigenvalue weighted by molar-refractivity contribution is 6.31. The molecule has 1 unspecified atom stereocenters. The van der Waals surface area contributed by atoms with Gasteiger partial charge in [-0.3, -0.25) is 4.98 Å². The summed E-state index contributed by atoms with van der Waals surface area (Å²) < 4.78 is 0. The van der Waals surface area contributed by atoms with E-state index >= 15 is 0 Å². The van der Waals surface area contributed by atoms with Gasteiger partial charge >= 0.3 is 0 Å². The molecule has 0 amide bonds. The second-order valence-corrected chi connectivity index (χ2v) is 5.59. The minimum atomic E-state index is 0.0638. The lowest BCUT2D eigenvalue weighted by molar-refractivity contribution is 0.537. The Bertz CT molecular complexity index is 584. The van der Waals surface area contributed by atoms with Crippen molar-refractivity contribution in [3.63, 3.8) is 0 Å². The van der Waals surface area contributed by atoms with E-state index in [0.717, 1.165) is 34.8 Å². The molecule has 0 saturated carbocycles. The van der Waals surface area contributed by atoms with E-state index in [0.29, 0.717) is 5.02 Å². The van der Waals surface area contributed by atoms with E-state index in [1.165, 1.54) is 0 Å². The van der Waals surface area contributed by atoms with Crippen molar-refractivity contribution >= 4 is 23.2 Å². The number of hydrogen-bond acceptors (Lipinski definition) is 2. The van der Waals surface area contributed by atoms with E-state index in [9.17, 15) is 0 Å². The zero-order chi connectivity index (χ0) is 14.5. The molecular formula is C16H18Cl2N2. The van der Waals surface area contributed by atoms with Crippen LogP contribution in [-0.2, 0) is 6.42 Å². The van der Waals surface area contributed by atoms with Crippen LogP contribution in [0.25, 0.3) is 0 Å². The first-order valence-electron chi connectivity index (χ1n) is 6.70. The van der Waals surface area contributed by atoms with Gasteiger partial charge in [-0.05, 0) is 49.2 Å². The van der Waals surface area contributed by atoms with Crippen molar-refractivity contribution in [2.24, 2.45) is 0 Å². The molecule has 1 aromatic carbocycles. The molecule has 106 valence electrons. The maximum absolute atomic E-state index is 6.32. The first-order chi connectivity index (χ1) is 9.61. The summed E-state index contributed by atoms with van der Waals surface area (Å²) >= 11 is 12.6. The minimum Gasteiger partial charge on any atom is -0.309 e. The van der Waals surface area contributed by atoms with Gasteiger partial charge in [0.2, 0.25) is 0 Å². The molecule has 2 nitrogen and oxygen atoms in total. The molecule has 0 aliphatic heterocycles. The molecule has 20 heavy (non-hydrogen) atoms. The number of likely N-dealkylation sites (N-methyl/N-ethyl adjacent to an activating group) is 1. The van der Waals surface area contributed by atoms with Gasteiger partial charge in [-0.2, -0.15) is 0 Å². The second-order valence-electron chi connectivity index (χ2n) is 4.78. The van der Waals surface area contributed by atoms with E-state index in [4.69, 9.17) is 23.2 Å². The molecule has 0 radical (unpaired) electrons. The lowest BCUT2D eigenvalue weighted by atomic mass is 10.0. The Hall–Kier alpha value is -1.09. The molecule has 1 atom stereocenters. The number of rotatable bonds is 5. The van der Waals surface area contributed by atoms with E-state index < -0.39 is 0 Å². The summed E-state index contributed by atoms with van der Waals surface area (Å²) in [5.41, 5.74) is 3.13. The highest BCUT2D eigenvalue weighted by atomic mass is 35.5. The van der Waals surface area contributed by atoms with E-state index in [1.54, 1.807) is 6.20 Å². The quantitative estimate of drug-likeness (QED) is 0.874. The Labute approximate surface area is 130 Å². The zero-order valence-corrected chi connectivity index (χ0v) is 13.2. The molecular weight excluding hydrogens is 291 g/mol. The lowest BCUT2D eigenvalue weighted by Crippen LogP contribution is -2.24. The summed E-state index contributed by atoms with van der Waals surface area (Å²) in [6.45, 7) is 4.95. The van der Waals surface area contributed by atoms with Gasteiger partial charge in [0, 0.05) is 11.2 Å². The average molecular weight is 309 g/mol. The molecule has 2 aromatic rings. The molecule has 4 heteroatoms. The number of hydrogen-bond donors (Lipinski definition) is 1. The highest BCUT2D eigenvalue weighted by Crippen LogP contribution is 2.27. The molecule has 0 aliphatic rings. The number of nitrogens with zero attached hydrogens (tertiary/aromatic N) is 1. The number of halogens is 2. The van der Waals surface area contributed by atoms with Crippen molar-refractivity contribution in [2.45, 2.75) is 26.3 Å². The Kier molecular flexibility index (Phi) is 5.41. The summed E-state index contributed by atoms with van der Waals surface area (Å²) in [6.07, 6.45) is 2.53. The molecule has 0 aliphatic carbocycles. The normalized spacial score (nSPS) is 12.4. The van der Waals surface area contributed by atoms with Crippen molar-refractivity contribution < 1.29 is 0 Å². The number of aromatic nitrogens is 1. The van der Waals surface area contributed by atoms with Gasteiger partial charge in [0.25, 0.3) is 0 Å². The van der Waals surface area contributed by atoms with Crippen molar-refractivity contribution in [3.05, 3.63) is 63.4 Å². The van der Waals surface area contributed by atoms with Gasteiger partial charge < -0.3 is 5.32 Å². The third-order valence-corrected chi connectivity index (χ3v) is 3.87. The van der Waals surface area contributed by atoms with Gasteiger partial charge in [0.1, 0.15) is 0 Å². The van der Waals surface area contributed by atoms with E-state index in [-0.39, 0.29) is 6.04 Å². The first kappa shape index (κ1) is 15.3. The van der Waals surface area contributed by atoms with E-state index in [2.05, 4.69) is 29.4 Å². The lowest BCUT2D eigenvalue weighted by Gasteiger charge is -2.19. The number of pyridine rings is 1. The molecule has 0 saturated heterocycles. The third-order valence-electron chi connectivity index (χ3n) is 3.20. The largest absolute Gasteiger partial charge is 0.309 e. The summed E-state index contributed by atoms with van der Waals surface area (Å²) in [5, 5.41) is 4.90. The SMILES string of the molecule is CCNC(Cc1ccc(C)cc1Cl)c1ncccc1Cl. The average Bonchev–Trinajstić information content (AvgIpc) is 2.42. The fraction of sp³-hybridized carbons (Fsp3) is 0.312. The topological polar surface area (TPSA) is 24.9 Å². The van der Waals surface area contributed by atoms with Gasteiger partial charge in [-0.1, -0.05) is 42.3 Å². The number of nitrogens with one attached hydrogen (secondary N) is 1. The van der Waals surface area contributed by atoms with Crippen molar-refractivity contribution in [1.82, 2.24) is 10.3 Å². The van der Waals surface area contributed by atoms with Gasteiger partial charge in [0.05, 0.1) is 16.8 Å². The predicted molar refractivity (Wildman–Crippen MR) is 85.6 cm³/mol. The molecule has 2 rings (SSSR count). The maximum Gasteiger partial charge on any atom is 0.0762 e.